The van der Waals surface area contributed by atoms with Crippen LogP contribution in [0.3, 0.4) is 0 Å². The molecule has 140 valence electrons. The van der Waals surface area contributed by atoms with Crippen molar-refractivity contribution in [2.45, 2.75) is 11.4 Å². The summed E-state index contributed by atoms with van der Waals surface area (Å²) in [5.74, 6) is 0.491. The number of nitro groups is 1. The molecule has 0 spiro atoms. The van der Waals surface area contributed by atoms with Gasteiger partial charge in [-0.1, -0.05) is 17.7 Å². The van der Waals surface area contributed by atoms with E-state index in [1.54, 1.807) is 24.3 Å². The standard InChI is InChI=1S/C17H14ClN3O5S/c18-16-10-13(21(22)23)6-7-17(16)20-12-3-1-5-15(9-12)27(24,25)19-11-14-4-2-8-26-14/h1-10,19-20H,11H2. The van der Waals surface area contributed by atoms with Gasteiger partial charge in [0.25, 0.3) is 5.69 Å². The highest BCUT2D eigenvalue weighted by Crippen LogP contribution is 2.29. The highest BCUT2D eigenvalue weighted by molar-refractivity contribution is 7.89. The molecule has 2 aromatic carbocycles. The Morgan fingerprint density at radius 3 is 2.59 bits per heavy atom. The van der Waals surface area contributed by atoms with E-state index in [9.17, 15) is 18.5 Å². The van der Waals surface area contributed by atoms with E-state index >= 15 is 0 Å². The lowest BCUT2D eigenvalue weighted by atomic mass is 10.2. The fourth-order valence-corrected chi connectivity index (χ4v) is 3.54. The molecule has 1 heterocycles. The van der Waals surface area contributed by atoms with E-state index in [-0.39, 0.29) is 22.2 Å². The molecule has 0 saturated heterocycles. The molecule has 0 amide bonds. The number of sulfonamides is 1. The van der Waals surface area contributed by atoms with E-state index in [4.69, 9.17) is 16.0 Å². The molecule has 0 atom stereocenters. The molecular weight excluding hydrogens is 394 g/mol. The maximum atomic E-state index is 12.4. The van der Waals surface area contributed by atoms with Gasteiger partial charge in [0.05, 0.1) is 33.3 Å². The van der Waals surface area contributed by atoms with Crippen molar-refractivity contribution in [1.82, 2.24) is 4.72 Å². The Hall–Kier alpha value is -2.88. The van der Waals surface area contributed by atoms with Crippen molar-refractivity contribution >= 4 is 38.7 Å². The molecule has 8 nitrogen and oxygen atoms in total. The zero-order chi connectivity index (χ0) is 19.4. The van der Waals surface area contributed by atoms with Gasteiger partial charge in [-0.25, -0.2) is 13.1 Å². The Bertz CT molecular complexity index is 1070. The average molecular weight is 408 g/mol. The Morgan fingerprint density at radius 2 is 1.93 bits per heavy atom. The van der Waals surface area contributed by atoms with E-state index in [0.29, 0.717) is 17.1 Å². The van der Waals surface area contributed by atoms with E-state index < -0.39 is 14.9 Å². The molecule has 0 radical (unpaired) electrons. The lowest BCUT2D eigenvalue weighted by Crippen LogP contribution is -2.23. The summed E-state index contributed by atoms with van der Waals surface area (Å²) in [4.78, 5) is 10.3. The molecule has 3 rings (SSSR count). The second-order valence-electron chi connectivity index (χ2n) is 5.48. The Kier molecular flexibility index (Phi) is 5.45. The average Bonchev–Trinajstić information content (AvgIpc) is 3.15. The normalized spacial score (nSPS) is 11.3. The second-order valence-corrected chi connectivity index (χ2v) is 7.65. The minimum absolute atomic E-state index is 0.0289. The van der Waals surface area contributed by atoms with Crippen LogP contribution in [0.25, 0.3) is 0 Å². The first kappa shape index (κ1) is 18.9. The Balaban J connectivity index is 1.78. The number of nitro benzene ring substituents is 1. The lowest BCUT2D eigenvalue weighted by molar-refractivity contribution is -0.384. The van der Waals surface area contributed by atoms with Crippen LogP contribution in [0.5, 0.6) is 0 Å². The summed E-state index contributed by atoms with van der Waals surface area (Å²) < 4.78 is 32.4. The number of halogens is 1. The highest BCUT2D eigenvalue weighted by Gasteiger charge is 2.15. The number of non-ortho nitro benzene ring substituents is 1. The van der Waals surface area contributed by atoms with Crippen molar-refractivity contribution in [3.63, 3.8) is 0 Å². The van der Waals surface area contributed by atoms with Crippen LogP contribution >= 0.6 is 11.6 Å². The van der Waals surface area contributed by atoms with Crippen molar-refractivity contribution in [2.24, 2.45) is 0 Å². The molecule has 0 saturated carbocycles. The molecule has 0 unspecified atom stereocenters. The number of hydrogen-bond donors (Lipinski definition) is 2. The molecule has 2 N–H and O–H groups in total. The van der Waals surface area contributed by atoms with E-state index in [1.807, 2.05) is 0 Å². The fourth-order valence-electron chi connectivity index (χ4n) is 2.28. The lowest BCUT2D eigenvalue weighted by Gasteiger charge is -2.11. The zero-order valence-corrected chi connectivity index (χ0v) is 15.3. The summed E-state index contributed by atoms with van der Waals surface area (Å²) >= 11 is 6.05. The van der Waals surface area contributed by atoms with E-state index in [2.05, 4.69) is 10.0 Å². The van der Waals surface area contributed by atoms with Gasteiger partial charge in [-0.05, 0) is 36.4 Å². The topological polar surface area (TPSA) is 114 Å². The SMILES string of the molecule is O=[N+]([O-])c1ccc(Nc2cccc(S(=O)(=O)NCc3ccco3)c2)c(Cl)c1. The third-order valence-electron chi connectivity index (χ3n) is 3.60. The second kappa shape index (κ2) is 7.78. The summed E-state index contributed by atoms with van der Waals surface area (Å²) in [5, 5.41) is 13.9. The maximum absolute atomic E-state index is 12.4. The maximum Gasteiger partial charge on any atom is 0.271 e. The number of rotatable bonds is 7. The van der Waals surface area contributed by atoms with Crippen molar-refractivity contribution in [1.29, 1.82) is 0 Å². The fraction of sp³-hybridized carbons (Fsp3) is 0.0588. The van der Waals surface area contributed by atoms with Crippen LogP contribution in [0.1, 0.15) is 5.76 Å². The summed E-state index contributed by atoms with van der Waals surface area (Å²) in [6.07, 6.45) is 1.46. The van der Waals surface area contributed by atoms with Crippen LogP contribution in [0.15, 0.2) is 70.2 Å². The minimum atomic E-state index is -3.75. The highest BCUT2D eigenvalue weighted by atomic mass is 35.5. The van der Waals surface area contributed by atoms with Gasteiger partial charge >= 0.3 is 0 Å². The third kappa shape index (κ3) is 4.64. The molecule has 1 aromatic heterocycles. The van der Waals surface area contributed by atoms with E-state index in [1.165, 1.54) is 36.6 Å². The van der Waals surface area contributed by atoms with Crippen molar-refractivity contribution in [2.75, 3.05) is 5.32 Å². The molecule has 0 aliphatic heterocycles. The monoisotopic (exact) mass is 407 g/mol. The first-order chi connectivity index (χ1) is 12.8. The van der Waals surface area contributed by atoms with Crippen molar-refractivity contribution in [3.8, 4) is 0 Å². The first-order valence-electron chi connectivity index (χ1n) is 7.68. The minimum Gasteiger partial charge on any atom is -0.468 e. The van der Waals surface area contributed by atoms with Crippen LogP contribution in [-0.4, -0.2) is 13.3 Å². The summed E-state index contributed by atoms with van der Waals surface area (Å²) in [5.41, 5.74) is 0.746. The number of hydrogen-bond acceptors (Lipinski definition) is 6. The van der Waals surface area contributed by atoms with Gasteiger partial charge in [0.2, 0.25) is 10.0 Å². The number of nitrogens with one attached hydrogen (secondary N) is 2. The number of furan rings is 1. The van der Waals surface area contributed by atoms with Crippen molar-refractivity contribution < 1.29 is 17.8 Å². The number of anilines is 2. The van der Waals surface area contributed by atoms with Gasteiger partial charge in [-0.15, -0.1) is 0 Å². The van der Waals surface area contributed by atoms with Crippen molar-refractivity contribution in [3.05, 3.63) is 81.8 Å². The Labute approximate surface area is 160 Å². The van der Waals surface area contributed by atoms with Gasteiger partial charge < -0.3 is 9.73 Å². The number of nitrogens with zero attached hydrogens (tertiary/aromatic N) is 1. The molecule has 0 bridgehead atoms. The molecule has 3 aromatic rings. The van der Waals surface area contributed by atoms with E-state index in [0.717, 1.165) is 0 Å². The van der Waals surface area contributed by atoms with Crippen LogP contribution in [0.2, 0.25) is 5.02 Å². The predicted octanol–water partition coefficient (Wildman–Crippen LogP) is 4.06. The molecule has 27 heavy (non-hydrogen) atoms. The van der Waals surface area contributed by atoms with Gasteiger partial charge in [0, 0.05) is 17.8 Å². The van der Waals surface area contributed by atoms with Crippen LogP contribution in [0.4, 0.5) is 17.1 Å². The summed E-state index contributed by atoms with van der Waals surface area (Å²) in [6, 6.07) is 13.4. The van der Waals surface area contributed by atoms with Gasteiger partial charge in [0.1, 0.15) is 5.76 Å². The molecule has 10 heteroatoms. The largest absolute Gasteiger partial charge is 0.468 e. The molecule has 0 aliphatic rings. The quantitative estimate of drug-likeness (QED) is 0.450. The third-order valence-corrected chi connectivity index (χ3v) is 5.31. The predicted molar refractivity (Wildman–Crippen MR) is 101 cm³/mol. The number of benzene rings is 2. The van der Waals surface area contributed by atoms with Crippen LogP contribution in [0, 0.1) is 10.1 Å². The van der Waals surface area contributed by atoms with Crippen LogP contribution < -0.4 is 10.0 Å². The summed E-state index contributed by atoms with van der Waals surface area (Å²) in [7, 11) is -3.75. The zero-order valence-electron chi connectivity index (χ0n) is 13.8. The molecular formula is C17H14ClN3O5S. The smallest absolute Gasteiger partial charge is 0.271 e. The Morgan fingerprint density at radius 1 is 1.11 bits per heavy atom. The van der Waals surface area contributed by atoms with Gasteiger partial charge in [-0.2, -0.15) is 0 Å². The summed E-state index contributed by atoms with van der Waals surface area (Å²) in [6.45, 7) is 0.0289. The molecule has 0 fully saturated rings. The van der Waals surface area contributed by atoms with Gasteiger partial charge in [-0.3, -0.25) is 10.1 Å². The molecule has 0 aliphatic carbocycles. The first-order valence-corrected chi connectivity index (χ1v) is 9.54. The van der Waals surface area contributed by atoms with Gasteiger partial charge in [0.15, 0.2) is 0 Å². The van der Waals surface area contributed by atoms with Crippen LogP contribution in [-0.2, 0) is 16.6 Å².